The van der Waals surface area contributed by atoms with Gasteiger partial charge in [0, 0.05) is 17.3 Å². The predicted octanol–water partition coefficient (Wildman–Crippen LogP) is 3.00. The van der Waals surface area contributed by atoms with Crippen LogP contribution in [0.15, 0.2) is 53.0 Å². The number of methoxy groups -OCH3 is 1. The first-order chi connectivity index (χ1) is 11.8. The molecule has 0 fully saturated rings. The Morgan fingerprint density at radius 1 is 1.20 bits per heavy atom. The number of hydrogen-bond acceptors (Lipinski definition) is 4. The molecule has 2 rings (SSSR count). The van der Waals surface area contributed by atoms with Crippen LogP contribution in [0.1, 0.15) is 5.56 Å². The molecule has 0 saturated heterocycles. The van der Waals surface area contributed by atoms with Crippen molar-refractivity contribution in [2.45, 2.75) is 6.61 Å². The summed E-state index contributed by atoms with van der Waals surface area (Å²) in [4.78, 5) is 12.3. The van der Waals surface area contributed by atoms with E-state index < -0.39 is 15.9 Å². The van der Waals surface area contributed by atoms with Gasteiger partial charge in [0.25, 0.3) is 0 Å². The summed E-state index contributed by atoms with van der Waals surface area (Å²) in [7, 11) is -2.01. The molecule has 25 heavy (non-hydrogen) atoms. The molecule has 0 spiro atoms. The van der Waals surface area contributed by atoms with Crippen molar-refractivity contribution in [3.63, 3.8) is 0 Å². The van der Waals surface area contributed by atoms with Crippen molar-refractivity contribution >= 4 is 43.2 Å². The fourth-order valence-electron chi connectivity index (χ4n) is 2.24. The lowest BCUT2D eigenvalue weighted by atomic mass is 10.2. The number of rotatable bonds is 7. The molecule has 0 aliphatic rings. The smallest absolute Gasteiger partial charge is 0.245 e. The molecule has 0 heterocycles. The molecule has 0 atom stereocenters. The quantitative estimate of drug-likeness (QED) is 0.737. The minimum absolute atomic E-state index is 0.311. The number of carbonyl (C=O) groups is 1. The molecule has 0 bridgehead atoms. The van der Waals surface area contributed by atoms with Crippen molar-refractivity contribution in [1.82, 2.24) is 0 Å². The Balaban J connectivity index is 2.15. The molecule has 0 aliphatic carbocycles. The van der Waals surface area contributed by atoms with E-state index in [4.69, 9.17) is 4.74 Å². The highest BCUT2D eigenvalue weighted by molar-refractivity contribution is 9.10. The van der Waals surface area contributed by atoms with E-state index in [1.165, 1.54) is 0 Å². The van der Waals surface area contributed by atoms with Crippen molar-refractivity contribution in [2.75, 3.05) is 29.5 Å². The number of carbonyl (C=O) groups excluding carboxylic acids is 1. The molecule has 0 aromatic heterocycles. The second-order valence-corrected chi connectivity index (χ2v) is 8.25. The average Bonchev–Trinajstić information content (AvgIpc) is 2.53. The summed E-state index contributed by atoms with van der Waals surface area (Å²) in [5.74, 6) is -0.428. The molecule has 134 valence electrons. The first-order valence-electron chi connectivity index (χ1n) is 7.40. The number of nitrogens with one attached hydrogen (secondary N) is 1. The van der Waals surface area contributed by atoms with Gasteiger partial charge in [0.1, 0.15) is 6.54 Å². The number of ether oxygens (including phenoxy) is 1. The summed E-state index contributed by atoms with van der Waals surface area (Å²) in [6.07, 6.45) is 1.07. The third kappa shape index (κ3) is 5.84. The van der Waals surface area contributed by atoms with Gasteiger partial charge in [-0.15, -0.1) is 0 Å². The molecule has 1 N–H and O–H groups in total. The molecule has 8 heteroatoms. The van der Waals surface area contributed by atoms with Crippen LogP contribution in [-0.4, -0.2) is 34.2 Å². The van der Waals surface area contributed by atoms with E-state index in [0.29, 0.717) is 18.0 Å². The standard InChI is InChI=1S/C17H19BrN2O4S/c1-24-12-13-4-3-5-15(10-13)19-17(21)11-20(25(2,22)23)16-8-6-14(18)7-9-16/h3-10H,11-12H2,1-2H3,(H,19,21). The summed E-state index contributed by atoms with van der Waals surface area (Å²) in [6.45, 7) is 0.118. The molecule has 0 aliphatic heterocycles. The summed E-state index contributed by atoms with van der Waals surface area (Å²) >= 11 is 3.30. The predicted molar refractivity (Wildman–Crippen MR) is 102 cm³/mol. The maximum absolute atomic E-state index is 12.3. The Hall–Kier alpha value is -1.90. The Bertz CT molecular complexity index is 838. The Kier molecular flexibility index (Phi) is 6.57. The first-order valence-corrected chi connectivity index (χ1v) is 10.0. The zero-order chi connectivity index (χ0) is 18.4. The largest absolute Gasteiger partial charge is 0.380 e. The van der Waals surface area contributed by atoms with E-state index in [9.17, 15) is 13.2 Å². The summed E-state index contributed by atoms with van der Waals surface area (Å²) < 4.78 is 31.1. The van der Waals surface area contributed by atoms with Crippen LogP contribution in [0.5, 0.6) is 0 Å². The fourth-order valence-corrected chi connectivity index (χ4v) is 3.36. The van der Waals surface area contributed by atoms with Crippen molar-refractivity contribution in [1.29, 1.82) is 0 Å². The lowest BCUT2D eigenvalue weighted by molar-refractivity contribution is -0.114. The maximum atomic E-state index is 12.3. The van der Waals surface area contributed by atoms with Crippen LogP contribution in [0.3, 0.4) is 0 Å². The lowest BCUT2D eigenvalue weighted by Crippen LogP contribution is -2.37. The van der Waals surface area contributed by atoms with E-state index in [1.54, 1.807) is 49.6 Å². The second kappa shape index (κ2) is 8.46. The van der Waals surface area contributed by atoms with Crippen LogP contribution < -0.4 is 9.62 Å². The van der Waals surface area contributed by atoms with Gasteiger partial charge in [-0.3, -0.25) is 9.10 Å². The van der Waals surface area contributed by atoms with Gasteiger partial charge in [-0.25, -0.2) is 8.42 Å². The van der Waals surface area contributed by atoms with Crippen molar-refractivity contribution in [2.24, 2.45) is 0 Å². The van der Waals surface area contributed by atoms with Crippen LogP contribution in [0.25, 0.3) is 0 Å². The SMILES string of the molecule is COCc1cccc(NC(=O)CN(c2ccc(Br)cc2)S(C)(=O)=O)c1. The first kappa shape index (κ1) is 19.4. The number of halogens is 1. The zero-order valence-electron chi connectivity index (χ0n) is 13.9. The summed E-state index contributed by atoms with van der Waals surface area (Å²) in [5, 5.41) is 2.71. The number of sulfonamides is 1. The second-order valence-electron chi connectivity index (χ2n) is 5.43. The Morgan fingerprint density at radius 3 is 2.48 bits per heavy atom. The normalized spacial score (nSPS) is 11.2. The highest BCUT2D eigenvalue weighted by Crippen LogP contribution is 2.21. The molecular formula is C17H19BrN2O4S. The van der Waals surface area contributed by atoms with Gasteiger partial charge < -0.3 is 10.1 Å². The van der Waals surface area contributed by atoms with Crippen molar-refractivity contribution in [3.05, 3.63) is 58.6 Å². The van der Waals surface area contributed by atoms with Gasteiger partial charge in [0.05, 0.1) is 18.6 Å². The number of anilines is 2. The van der Waals surface area contributed by atoms with Crippen LogP contribution in [0.4, 0.5) is 11.4 Å². The molecule has 2 aromatic rings. The van der Waals surface area contributed by atoms with Gasteiger partial charge in [-0.2, -0.15) is 0 Å². The summed E-state index contributed by atoms with van der Waals surface area (Å²) in [6, 6.07) is 13.9. The highest BCUT2D eigenvalue weighted by atomic mass is 79.9. The Morgan fingerprint density at radius 2 is 1.88 bits per heavy atom. The number of benzene rings is 2. The van der Waals surface area contributed by atoms with E-state index in [2.05, 4.69) is 21.2 Å². The monoisotopic (exact) mass is 426 g/mol. The summed E-state index contributed by atoms with van der Waals surface area (Å²) in [5.41, 5.74) is 1.92. The van der Waals surface area contributed by atoms with E-state index in [-0.39, 0.29) is 6.54 Å². The van der Waals surface area contributed by atoms with Gasteiger partial charge in [0.2, 0.25) is 15.9 Å². The van der Waals surface area contributed by atoms with Crippen molar-refractivity contribution < 1.29 is 17.9 Å². The Labute approximate surface area is 156 Å². The van der Waals surface area contributed by atoms with Gasteiger partial charge >= 0.3 is 0 Å². The number of hydrogen-bond donors (Lipinski definition) is 1. The van der Waals surface area contributed by atoms with Crippen LogP contribution >= 0.6 is 15.9 Å². The molecular weight excluding hydrogens is 408 g/mol. The highest BCUT2D eigenvalue weighted by Gasteiger charge is 2.20. The topological polar surface area (TPSA) is 75.7 Å². The fraction of sp³-hybridized carbons (Fsp3) is 0.235. The van der Waals surface area contributed by atoms with Crippen molar-refractivity contribution in [3.8, 4) is 0 Å². The molecule has 0 saturated carbocycles. The average molecular weight is 427 g/mol. The van der Waals surface area contributed by atoms with Gasteiger partial charge in [-0.05, 0) is 42.0 Å². The minimum atomic E-state index is -3.60. The molecule has 0 radical (unpaired) electrons. The van der Waals surface area contributed by atoms with Crippen LogP contribution in [-0.2, 0) is 26.2 Å². The van der Waals surface area contributed by atoms with Crippen LogP contribution in [0, 0.1) is 0 Å². The third-order valence-electron chi connectivity index (χ3n) is 3.32. The van der Waals surface area contributed by atoms with Gasteiger partial charge in [0.15, 0.2) is 0 Å². The van der Waals surface area contributed by atoms with E-state index >= 15 is 0 Å². The van der Waals surface area contributed by atoms with Crippen LogP contribution in [0.2, 0.25) is 0 Å². The van der Waals surface area contributed by atoms with E-state index in [0.717, 1.165) is 20.6 Å². The third-order valence-corrected chi connectivity index (χ3v) is 4.99. The lowest BCUT2D eigenvalue weighted by Gasteiger charge is -2.22. The molecule has 6 nitrogen and oxygen atoms in total. The van der Waals surface area contributed by atoms with Gasteiger partial charge in [-0.1, -0.05) is 28.1 Å². The number of amides is 1. The van der Waals surface area contributed by atoms with E-state index in [1.807, 2.05) is 6.07 Å². The molecule has 1 amide bonds. The zero-order valence-corrected chi connectivity index (χ0v) is 16.3. The molecule has 2 aromatic carbocycles. The number of nitrogens with zero attached hydrogens (tertiary/aromatic N) is 1. The maximum Gasteiger partial charge on any atom is 0.245 e. The molecule has 0 unspecified atom stereocenters. The minimum Gasteiger partial charge on any atom is -0.380 e.